The van der Waals surface area contributed by atoms with Crippen LogP contribution in [0.1, 0.15) is 18.9 Å². The Morgan fingerprint density at radius 1 is 1.19 bits per heavy atom. The molecule has 0 unspecified atom stereocenters. The summed E-state index contributed by atoms with van der Waals surface area (Å²) in [5.41, 5.74) is 3.63. The maximum Gasteiger partial charge on any atom is 0.170 e. The lowest BCUT2D eigenvalue weighted by molar-refractivity contribution is 0.415. The van der Waals surface area contributed by atoms with E-state index in [9.17, 15) is 0 Å². The van der Waals surface area contributed by atoms with E-state index in [2.05, 4.69) is 52.8 Å². The molecular formula is C21H27N3OS. The van der Waals surface area contributed by atoms with E-state index in [1.165, 1.54) is 17.7 Å². The second-order valence-corrected chi connectivity index (χ2v) is 7.05. The molecule has 0 aliphatic carbocycles. The van der Waals surface area contributed by atoms with E-state index in [0.717, 1.165) is 37.5 Å². The second kappa shape index (κ2) is 8.90. The van der Waals surface area contributed by atoms with Crippen molar-refractivity contribution in [3.8, 4) is 5.75 Å². The highest BCUT2D eigenvalue weighted by atomic mass is 32.1. The third-order valence-electron chi connectivity index (χ3n) is 4.92. The van der Waals surface area contributed by atoms with Crippen LogP contribution in [0.5, 0.6) is 5.75 Å². The number of aryl methyl sites for hydroxylation is 1. The molecule has 2 N–H and O–H groups in total. The van der Waals surface area contributed by atoms with Gasteiger partial charge in [0.2, 0.25) is 0 Å². The Balaban J connectivity index is 1.47. The topological polar surface area (TPSA) is 36.5 Å². The summed E-state index contributed by atoms with van der Waals surface area (Å²) in [7, 11) is 1.70. The maximum absolute atomic E-state index is 5.48. The van der Waals surface area contributed by atoms with Crippen molar-refractivity contribution in [2.75, 3.05) is 37.0 Å². The van der Waals surface area contributed by atoms with Gasteiger partial charge in [-0.05, 0) is 66.9 Å². The summed E-state index contributed by atoms with van der Waals surface area (Å²) in [6.45, 7) is 5.18. The molecule has 138 valence electrons. The van der Waals surface area contributed by atoms with Gasteiger partial charge in [-0.1, -0.05) is 25.1 Å². The summed E-state index contributed by atoms with van der Waals surface area (Å²) in [6.07, 6.45) is 2.17. The number of methoxy groups -OCH3 is 1. The molecule has 4 nitrogen and oxygen atoms in total. The molecule has 0 bridgehead atoms. The van der Waals surface area contributed by atoms with Gasteiger partial charge in [0.15, 0.2) is 5.11 Å². The zero-order chi connectivity index (χ0) is 18.4. The molecule has 1 atom stereocenters. The number of thiocarbonyl (C=S) groups is 1. The average molecular weight is 370 g/mol. The van der Waals surface area contributed by atoms with E-state index in [-0.39, 0.29) is 0 Å². The van der Waals surface area contributed by atoms with Gasteiger partial charge < -0.3 is 20.3 Å². The zero-order valence-electron chi connectivity index (χ0n) is 15.5. The van der Waals surface area contributed by atoms with Crippen molar-refractivity contribution in [2.24, 2.45) is 5.92 Å². The summed E-state index contributed by atoms with van der Waals surface area (Å²) in [4.78, 5) is 2.43. The number of para-hydroxylation sites is 1. The lowest BCUT2D eigenvalue weighted by Crippen LogP contribution is -2.34. The van der Waals surface area contributed by atoms with Crippen LogP contribution in [0.25, 0.3) is 0 Å². The Labute approximate surface area is 161 Å². The van der Waals surface area contributed by atoms with Crippen molar-refractivity contribution in [1.29, 1.82) is 0 Å². The fourth-order valence-corrected chi connectivity index (χ4v) is 3.57. The first-order valence-corrected chi connectivity index (χ1v) is 9.62. The molecule has 0 radical (unpaired) electrons. The van der Waals surface area contributed by atoms with Crippen LogP contribution < -0.4 is 20.3 Å². The van der Waals surface area contributed by atoms with Gasteiger partial charge >= 0.3 is 0 Å². The number of ether oxygens (including phenoxy) is 1. The quantitative estimate of drug-likeness (QED) is 0.751. The Morgan fingerprint density at radius 3 is 2.69 bits per heavy atom. The molecule has 3 rings (SSSR count). The summed E-state index contributed by atoms with van der Waals surface area (Å²) in [5, 5.41) is 7.42. The van der Waals surface area contributed by atoms with Crippen LogP contribution in [0.15, 0.2) is 48.5 Å². The first kappa shape index (κ1) is 18.5. The first-order chi connectivity index (χ1) is 12.7. The predicted molar refractivity (Wildman–Crippen MR) is 113 cm³/mol. The molecule has 0 spiro atoms. The fraction of sp³-hybridized carbons (Fsp3) is 0.381. The van der Waals surface area contributed by atoms with Gasteiger partial charge in [-0.2, -0.15) is 0 Å². The van der Waals surface area contributed by atoms with Gasteiger partial charge in [0.25, 0.3) is 0 Å². The van der Waals surface area contributed by atoms with E-state index in [1.54, 1.807) is 7.11 Å². The van der Waals surface area contributed by atoms with Crippen molar-refractivity contribution < 1.29 is 4.74 Å². The minimum Gasteiger partial charge on any atom is -0.497 e. The number of nitrogens with zero attached hydrogens (tertiary/aromatic N) is 1. The van der Waals surface area contributed by atoms with E-state index < -0.39 is 0 Å². The van der Waals surface area contributed by atoms with E-state index in [1.807, 2.05) is 18.2 Å². The van der Waals surface area contributed by atoms with Gasteiger partial charge in [0, 0.05) is 31.0 Å². The summed E-state index contributed by atoms with van der Waals surface area (Å²) >= 11 is 5.48. The van der Waals surface area contributed by atoms with E-state index in [4.69, 9.17) is 17.0 Å². The van der Waals surface area contributed by atoms with Crippen LogP contribution in [-0.4, -0.2) is 31.9 Å². The number of nitrogens with one attached hydrogen (secondary N) is 2. The lowest BCUT2D eigenvalue weighted by Gasteiger charge is -2.20. The lowest BCUT2D eigenvalue weighted by atomic mass is 10.1. The van der Waals surface area contributed by atoms with Gasteiger partial charge in [-0.3, -0.25) is 0 Å². The molecule has 1 saturated heterocycles. The molecule has 0 amide bonds. The van der Waals surface area contributed by atoms with Gasteiger partial charge in [0.1, 0.15) is 5.75 Å². The zero-order valence-corrected chi connectivity index (χ0v) is 16.3. The van der Waals surface area contributed by atoms with Crippen LogP contribution in [-0.2, 0) is 6.42 Å². The minimum absolute atomic E-state index is 0.596. The Bertz CT molecular complexity index is 732. The maximum atomic E-state index is 5.48. The highest BCUT2D eigenvalue weighted by molar-refractivity contribution is 7.80. The van der Waals surface area contributed by atoms with Crippen LogP contribution in [0, 0.1) is 5.92 Å². The molecule has 5 heteroatoms. The Hall–Kier alpha value is -2.27. The third kappa shape index (κ3) is 4.67. The number of rotatable bonds is 6. The summed E-state index contributed by atoms with van der Waals surface area (Å²) in [5.74, 6) is 1.49. The Kier molecular flexibility index (Phi) is 6.34. The monoisotopic (exact) mass is 369 g/mol. The van der Waals surface area contributed by atoms with Crippen molar-refractivity contribution >= 4 is 28.7 Å². The standard InChI is InChI=1S/C21H27N3OS/c1-3-17-6-4-5-7-20(17)23-21(26)22-14-16-12-13-24(15-16)18-8-10-19(25-2)11-9-18/h4-11,16H,3,12-15H2,1-2H3,(H2,22,23,26)/t16-/m0/s1. The Morgan fingerprint density at radius 2 is 1.96 bits per heavy atom. The van der Waals surface area contributed by atoms with Crippen molar-refractivity contribution in [3.05, 3.63) is 54.1 Å². The summed E-state index contributed by atoms with van der Waals surface area (Å²) in [6, 6.07) is 16.6. The predicted octanol–water partition coefficient (Wildman–Crippen LogP) is 4.07. The molecule has 1 aliphatic heterocycles. The van der Waals surface area contributed by atoms with Crippen molar-refractivity contribution in [3.63, 3.8) is 0 Å². The second-order valence-electron chi connectivity index (χ2n) is 6.64. The molecule has 2 aromatic rings. The van der Waals surface area contributed by atoms with E-state index >= 15 is 0 Å². The smallest absolute Gasteiger partial charge is 0.170 e. The van der Waals surface area contributed by atoms with Gasteiger partial charge in [-0.15, -0.1) is 0 Å². The van der Waals surface area contributed by atoms with Crippen molar-refractivity contribution in [2.45, 2.75) is 19.8 Å². The van der Waals surface area contributed by atoms with Crippen LogP contribution in [0.4, 0.5) is 11.4 Å². The molecule has 0 aromatic heterocycles. The number of hydrogen-bond donors (Lipinski definition) is 2. The fourth-order valence-electron chi connectivity index (χ4n) is 3.38. The molecule has 0 saturated carbocycles. The van der Waals surface area contributed by atoms with Crippen LogP contribution in [0.3, 0.4) is 0 Å². The molecular weight excluding hydrogens is 342 g/mol. The number of benzene rings is 2. The van der Waals surface area contributed by atoms with Crippen LogP contribution >= 0.6 is 12.2 Å². The number of anilines is 2. The largest absolute Gasteiger partial charge is 0.497 e. The highest BCUT2D eigenvalue weighted by Crippen LogP contribution is 2.25. The van der Waals surface area contributed by atoms with Crippen LogP contribution in [0.2, 0.25) is 0 Å². The van der Waals surface area contributed by atoms with Gasteiger partial charge in [-0.25, -0.2) is 0 Å². The molecule has 26 heavy (non-hydrogen) atoms. The number of hydrogen-bond acceptors (Lipinski definition) is 3. The molecule has 1 fully saturated rings. The molecule has 2 aromatic carbocycles. The molecule has 1 aliphatic rings. The van der Waals surface area contributed by atoms with Crippen molar-refractivity contribution in [1.82, 2.24) is 5.32 Å². The van der Waals surface area contributed by atoms with E-state index in [0.29, 0.717) is 11.0 Å². The normalized spacial score (nSPS) is 16.4. The van der Waals surface area contributed by atoms with Gasteiger partial charge in [0.05, 0.1) is 7.11 Å². The SMILES string of the molecule is CCc1ccccc1NC(=S)NC[C@@H]1CCN(c2ccc(OC)cc2)C1. The third-order valence-corrected chi connectivity index (χ3v) is 5.17. The summed E-state index contributed by atoms with van der Waals surface area (Å²) < 4.78 is 5.23. The average Bonchev–Trinajstić information content (AvgIpc) is 3.16. The highest BCUT2D eigenvalue weighted by Gasteiger charge is 2.22. The first-order valence-electron chi connectivity index (χ1n) is 9.21. The molecule has 1 heterocycles. The minimum atomic E-state index is 0.596.